The highest BCUT2D eigenvalue weighted by Crippen LogP contribution is 2.38. The Bertz CT molecular complexity index is 1020. The zero-order valence-corrected chi connectivity index (χ0v) is 18.0. The van der Waals surface area contributed by atoms with Gasteiger partial charge in [0.15, 0.2) is 5.82 Å². The SMILES string of the molecule is O=S1CCc2nc(C3=CCN(c4ncc(Cl)cn4)CC3)nc(NC3(CO)CCC3)c21. The van der Waals surface area contributed by atoms with Gasteiger partial charge >= 0.3 is 0 Å². The molecule has 1 fully saturated rings. The van der Waals surface area contributed by atoms with E-state index in [-0.39, 0.29) is 12.1 Å². The molecule has 1 unspecified atom stereocenters. The Morgan fingerprint density at radius 1 is 1.23 bits per heavy atom. The number of aliphatic hydroxyl groups is 1. The number of rotatable bonds is 5. The highest BCUT2D eigenvalue weighted by atomic mass is 35.5. The standard InChI is InChI=1S/C20H23ClN6O2S/c21-14-10-22-19(23-11-14)27-7-2-13(3-8-27)17-24-15-4-9-30(29)16(15)18(25-17)26-20(12-28)5-1-6-20/h2,10-11,28H,1,3-9,12H2,(H,24,25,26). The van der Waals surface area contributed by atoms with Crippen molar-refractivity contribution in [2.75, 3.05) is 35.7 Å². The lowest BCUT2D eigenvalue weighted by atomic mass is 9.77. The second-order valence-electron chi connectivity index (χ2n) is 8.01. The molecule has 3 aliphatic rings. The molecular formula is C20H23ClN6O2S. The Labute approximate surface area is 182 Å². The molecule has 30 heavy (non-hydrogen) atoms. The molecular weight excluding hydrogens is 424 g/mol. The van der Waals surface area contributed by atoms with Gasteiger partial charge in [0, 0.05) is 25.3 Å². The smallest absolute Gasteiger partial charge is 0.225 e. The van der Waals surface area contributed by atoms with E-state index < -0.39 is 10.8 Å². The first-order valence-electron chi connectivity index (χ1n) is 10.2. The summed E-state index contributed by atoms with van der Waals surface area (Å²) in [7, 11) is -1.09. The summed E-state index contributed by atoms with van der Waals surface area (Å²) in [5.41, 5.74) is 1.57. The highest BCUT2D eigenvalue weighted by molar-refractivity contribution is 7.85. The predicted molar refractivity (Wildman–Crippen MR) is 116 cm³/mol. The van der Waals surface area contributed by atoms with Gasteiger partial charge in [-0.2, -0.15) is 0 Å². The summed E-state index contributed by atoms with van der Waals surface area (Å²) in [6, 6.07) is 0. The molecule has 2 aromatic heterocycles. The van der Waals surface area contributed by atoms with Crippen LogP contribution in [0.3, 0.4) is 0 Å². The fraction of sp³-hybridized carbons (Fsp3) is 0.500. The zero-order valence-electron chi connectivity index (χ0n) is 16.5. The monoisotopic (exact) mass is 446 g/mol. The number of aryl methyl sites for hydroxylation is 1. The highest BCUT2D eigenvalue weighted by Gasteiger charge is 2.39. The van der Waals surface area contributed by atoms with Gasteiger partial charge in [-0.25, -0.2) is 19.9 Å². The average molecular weight is 447 g/mol. The van der Waals surface area contributed by atoms with Crippen molar-refractivity contribution >= 4 is 39.7 Å². The lowest BCUT2D eigenvalue weighted by molar-refractivity contribution is 0.143. The van der Waals surface area contributed by atoms with Crippen molar-refractivity contribution in [2.45, 2.75) is 42.5 Å². The van der Waals surface area contributed by atoms with E-state index in [2.05, 4.69) is 26.3 Å². The molecule has 1 saturated carbocycles. The number of fused-ring (bicyclic) bond motifs is 1. The third-order valence-electron chi connectivity index (χ3n) is 6.07. The Hall–Kier alpha value is -2.10. The van der Waals surface area contributed by atoms with Crippen molar-refractivity contribution in [3.8, 4) is 0 Å². The lowest BCUT2D eigenvalue weighted by Gasteiger charge is -2.41. The molecule has 4 heterocycles. The second kappa shape index (κ2) is 7.86. The van der Waals surface area contributed by atoms with Gasteiger partial charge in [0.25, 0.3) is 0 Å². The molecule has 1 atom stereocenters. The van der Waals surface area contributed by atoms with Crippen molar-refractivity contribution in [2.24, 2.45) is 0 Å². The number of anilines is 2. The number of aliphatic hydroxyl groups excluding tert-OH is 1. The Balaban J connectivity index is 1.43. The van der Waals surface area contributed by atoms with E-state index >= 15 is 0 Å². The van der Waals surface area contributed by atoms with Gasteiger partial charge in [-0.3, -0.25) is 4.21 Å². The van der Waals surface area contributed by atoms with Crippen LogP contribution in [-0.4, -0.2) is 60.2 Å². The maximum Gasteiger partial charge on any atom is 0.225 e. The molecule has 0 bridgehead atoms. The maximum atomic E-state index is 12.6. The van der Waals surface area contributed by atoms with E-state index in [1.54, 1.807) is 12.4 Å². The number of halogens is 1. The number of hydrogen-bond donors (Lipinski definition) is 2. The molecule has 0 amide bonds. The van der Waals surface area contributed by atoms with Crippen LogP contribution in [0, 0.1) is 0 Å². The van der Waals surface area contributed by atoms with Gasteiger partial charge in [0.05, 0.1) is 46.1 Å². The second-order valence-corrected chi connectivity index (χ2v) is 9.96. The van der Waals surface area contributed by atoms with Gasteiger partial charge in [0.2, 0.25) is 5.95 Å². The van der Waals surface area contributed by atoms with Gasteiger partial charge < -0.3 is 15.3 Å². The number of nitrogens with zero attached hydrogens (tertiary/aromatic N) is 5. The van der Waals surface area contributed by atoms with Crippen LogP contribution >= 0.6 is 11.6 Å². The van der Waals surface area contributed by atoms with E-state index in [1.165, 1.54) is 0 Å². The van der Waals surface area contributed by atoms with Crippen LogP contribution < -0.4 is 10.2 Å². The van der Waals surface area contributed by atoms with Crippen LogP contribution in [0.2, 0.25) is 5.02 Å². The number of hydrogen-bond acceptors (Lipinski definition) is 8. The van der Waals surface area contributed by atoms with E-state index in [0.717, 1.165) is 43.5 Å². The first-order chi connectivity index (χ1) is 14.6. The molecule has 5 rings (SSSR count). The Kier molecular flexibility index (Phi) is 5.20. The maximum absolute atomic E-state index is 12.6. The molecule has 1 aliphatic carbocycles. The third kappa shape index (κ3) is 3.59. The summed E-state index contributed by atoms with van der Waals surface area (Å²) < 4.78 is 12.6. The minimum atomic E-state index is -1.09. The van der Waals surface area contributed by atoms with Crippen LogP contribution in [0.1, 0.15) is 37.2 Å². The van der Waals surface area contributed by atoms with Crippen molar-refractivity contribution in [3.63, 3.8) is 0 Å². The molecule has 0 aromatic carbocycles. The van der Waals surface area contributed by atoms with Crippen molar-refractivity contribution in [1.82, 2.24) is 19.9 Å². The van der Waals surface area contributed by atoms with Gasteiger partial charge in [-0.05, 0) is 31.3 Å². The van der Waals surface area contributed by atoms with Crippen molar-refractivity contribution in [1.29, 1.82) is 0 Å². The summed E-state index contributed by atoms with van der Waals surface area (Å²) in [6.45, 7) is 1.46. The molecule has 2 aromatic rings. The largest absolute Gasteiger partial charge is 0.394 e. The van der Waals surface area contributed by atoms with Crippen LogP contribution in [0.15, 0.2) is 23.4 Å². The molecule has 158 valence electrons. The summed E-state index contributed by atoms with van der Waals surface area (Å²) in [6.07, 6.45) is 9.61. The summed E-state index contributed by atoms with van der Waals surface area (Å²) in [5, 5.41) is 13.8. The Morgan fingerprint density at radius 2 is 2.03 bits per heavy atom. The quantitative estimate of drug-likeness (QED) is 0.720. The van der Waals surface area contributed by atoms with Crippen LogP contribution in [-0.2, 0) is 17.2 Å². The summed E-state index contributed by atoms with van der Waals surface area (Å²) in [5.74, 6) is 2.54. The van der Waals surface area contributed by atoms with Crippen molar-refractivity contribution < 1.29 is 9.32 Å². The molecule has 10 heteroatoms. The third-order valence-corrected chi connectivity index (χ3v) is 7.72. The van der Waals surface area contributed by atoms with Gasteiger partial charge in [-0.1, -0.05) is 17.7 Å². The van der Waals surface area contributed by atoms with E-state index in [4.69, 9.17) is 21.6 Å². The molecule has 8 nitrogen and oxygen atoms in total. The zero-order chi connectivity index (χ0) is 20.7. The number of aromatic nitrogens is 4. The minimum Gasteiger partial charge on any atom is -0.394 e. The topological polar surface area (TPSA) is 104 Å². The fourth-order valence-corrected chi connectivity index (χ4v) is 5.53. The van der Waals surface area contributed by atoms with Gasteiger partial charge in [0.1, 0.15) is 10.7 Å². The number of nitrogens with one attached hydrogen (secondary N) is 1. The van der Waals surface area contributed by atoms with E-state index in [0.29, 0.717) is 46.2 Å². The van der Waals surface area contributed by atoms with Crippen LogP contribution in [0.4, 0.5) is 11.8 Å². The predicted octanol–water partition coefficient (Wildman–Crippen LogP) is 2.20. The molecule has 0 saturated heterocycles. The van der Waals surface area contributed by atoms with Crippen LogP contribution in [0.25, 0.3) is 5.57 Å². The molecule has 2 N–H and O–H groups in total. The molecule has 0 spiro atoms. The lowest BCUT2D eigenvalue weighted by Crippen LogP contribution is -2.48. The fourth-order valence-electron chi connectivity index (χ4n) is 4.13. The van der Waals surface area contributed by atoms with E-state index in [9.17, 15) is 9.32 Å². The normalized spacial score (nSPS) is 22.3. The van der Waals surface area contributed by atoms with E-state index in [1.807, 2.05) is 0 Å². The first-order valence-corrected chi connectivity index (χ1v) is 11.9. The summed E-state index contributed by atoms with van der Waals surface area (Å²) in [4.78, 5) is 20.9. The molecule has 0 radical (unpaired) electrons. The van der Waals surface area contributed by atoms with Gasteiger partial charge in [-0.15, -0.1) is 0 Å². The summed E-state index contributed by atoms with van der Waals surface area (Å²) >= 11 is 5.88. The molecule has 2 aliphatic heterocycles. The Morgan fingerprint density at radius 3 is 2.67 bits per heavy atom. The average Bonchev–Trinajstić information content (AvgIpc) is 3.12. The first kappa shape index (κ1) is 19.8. The minimum absolute atomic E-state index is 0.0481. The van der Waals surface area contributed by atoms with Crippen LogP contribution in [0.5, 0.6) is 0 Å². The van der Waals surface area contributed by atoms with Crippen molar-refractivity contribution in [3.05, 3.63) is 35.0 Å².